The highest BCUT2D eigenvalue weighted by Gasteiger charge is 2.07. The molecular weight excluding hydrogens is 272 g/mol. The van der Waals surface area contributed by atoms with Gasteiger partial charge in [0, 0.05) is 5.88 Å². The molecule has 0 amide bonds. The van der Waals surface area contributed by atoms with E-state index in [1.54, 1.807) is 6.08 Å². The van der Waals surface area contributed by atoms with E-state index in [0.717, 1.165) is 11.1 Å². The highest BCUT2D eigenvalue weighted by atomic mass is 35.5. The minimum atomic E-state index is 0. The van der Waals surface area contributed by atoms with Crippen LogP contribution in [0.3, 0.4) is 0 Å². The first-order valence-corrected chi connectivity index (χ1v) is 4.53. The Balaban J connectivity index is 0.00000112. The maximum absolute atomic E-state index is 5.70. The first kappa shape index (κ1) is 15.0. The van der Waals surface area contributed by atoms with Crippen LogP contribution in [0.4, 0.5) is 5.82 Å². The van der Waals surface area contributed by atoms with E-state index in [2.05, 4.69) is 20.2 Å². The van der Waals surface area contributed by atoms with Crippen LogP contribution in [0.25, 0.3) is 17.1 Å². The monoisotopic (exact) mass is 281 g/mol. The Bertz CT molecular complexity index is 481. The summed E-state index contributed by atoms with van der Waals surface area (Å²) in [6.07, 6.45) is 4.98. The molecule has 0 radical (unpaired) electrons. The molecule has 5 nitrogen and oxygen atoms in total. The number of hydrogen-bond acceptors (Lipinski definition) is 4. The lowest BCUT2D eigenvalue weighted by Gasteiger charge is -1.93. The number of aromatic nitrogens is 4. The summed E-state index contributed by atoms with van der Waals surface area (Å²) in [5, 5.41) is 7.52. The number of nitrogens with two attached hydrogens (primary N) is 1. The normalized spacial score (nSPS) is 10.1. The van der Waals surface area contributed by atoms with Crippen LogP contribution >= 0.6 is 36.4 Å². The van der Waals surface area contributed by atoms with Crippen molar-refractivity contribution in [1.82, 2.24) is 20.2 Å². The molecule has 0 aliphatic heterocycles. The van der Waals surface area contributed by atoms with Gasteiger partial charge in [0.2, 0.25) is 0 Å². The van der Waals surface area contributed by atoms with Gasteiger partial charge >= 0.3 is 0 Å². The fourth-order valence-electron chi connectivity index (χ4n) is 1.18. The van der Waals surface area contributed by atoms with Crippen LogP contribution in [-0.2, 0) is 0 Å². The third-order valence-electron chi connectivity index (χ3n) is 1.78. The van der Waals surface area contributed by atoms with Crippen molar-refractivity contribution in [2.24, 2.45) is 0 Å². The zero-order chi connectivity index (χ0) is 9.97. The van der Waals surface area contributed by atoms with Gasteiger partial charge < -0.3 is 5.73 Å². The third kappa shape index (κ3) is 2.75. The summed E-state index contributed by atoms with van der Waals surface area (Å²) >= 11 is 5.53. The smallest absolute Gasteiger partial charge is 0.186 e. The molecule has 0 aromatic carbocycles. The summed E-state index contributed by atoms with van der Waals surface area (Å²) in [5.41, 5.74) is 7.03. The molecule has 2 rings (SSSR count). The largest absolute Gasteiger partial charge is 0.383 e. The average Bonchev–Trinajstić information content (AvgIpc) is 2.59. The molecule has 0 bridgehead atoms. The predicted molar refractivity (Wildman–Crippen MR) is 70.3 cm³/mol. The molecule has 0 fully saturated rings. The lowest BCUT2D eigenvalue weighted by Crippen LogP contribution is -1.92. The Morgan fingerprint density at radius 1 is 1.38 bits per heavy atom. The number of nitrogen functional groups attached to an aromatic ring is 1. The van der Waals surface area contributed by atoms with Crippen LogP contribution in [-0.4, -0.2) is 26.0 Å². The number of anilines is 1. The van der Waals surface area contributed by atoms with Gasteiger partial charge in [-0.1, -0.05) is 6.08 Å². The first-order chi connectivity index (χ1) is 6.83. The van der Waals surface area contributed by atoms with Gasteiger partial charge in [-0.3, -0.25) is 5.10 Å². The van der Waals surface area contributed by atoms with Gasteiger partial charge in [-0.25, -0.2) is 9.97 Å². The Labute approximate surface area is 109 Å². The number of hydrogen-bond donors (Lipinski definition) is 2. The molecule has 0 saturated carbocycles. The summed E-state index contributed by atoms with van der Waals surface area (Å²) in [7, 11) is 0. The summed E-state index contributed by atoms with van der Waals surface area (Å²) in [4.78, 5) is 7.86. The molecule has 2 heterocycles. The van der Waals surface area contributed by atoms with E-state index in [9.17, 15) is 0 Å². The SMILES string of the molecule is Cl.Cl.Nc1ncnc2n[nH]c(C=CCCl)c12. The maximum Gasteiger partial charge on any atom is 0.186 e. The maximum atomic E-state index is 5.70. The van der Waals surface area contributed by atoms with Crippen LogP contribution in [0.1, 0.15) is 5.69 Å². The van der Waals surface area contributed by atoms with Crippen molar-refractivity contribution in [3.63, 3.8) is 0 Å². The second-order valence-corrected chi connectivity index (χ2v) is 2.96. The van der Waals surface area contributed by atoms with Crippen LogP contribution < -0.4 is 5.73 Å². The Morgan fingerprint density at radius 3 is 2.81 bits per heavy atom. The zero-order valence-electron chi connectivity index (χ0n) is 8.05. The van der Waals surface area contributed by atoms with Gasteiger partial charge in [0.15, 0.2) is 5.65 Å². The van der Waals surface area contributed by atoms with E-state index < -0.39 is 0 Å². The second-order valence-electron chi connectivity index (χ2n) is 2.65. The quantitative estimate of drug-likeness (QED) is 0.826. The van der Waals surface area contributed by atoms with Gasteiger partial charge in [-0.15, -0.1) is 36.4 Å². The second kappa shape index (κ2) is 6.52. The number of rotatable bonds is 2. The van der Waals surface area contributed by atoms with Crippen molar-refractivity contribution in [3.05, 3.63) is 18.1 Å². The Morgan fingerprint density at radius 2 is 2.12 bits per heavy atom. The van der Waals surface area contributed by atoms with E-state index in [4.69, 9.17) is 17.3 Å². The van der Waals surface area contributed by atoms with Gasteiger partial charge in [-0.2, -0.15) is 5.10 Å². The molecule has 2 aromatic rings. The van der Waals surface area contributed by atoms with E-state index in [1.165, 1.54) is 6.33 Å². The fraction of sp³-hybridized carbons (Fsp3) is 0.125. The van der Waals surface area contributed by atoms with Crippen molar-refractivity contribution >= 4 is 59.3 Å². The topological polar surface area (TPSA) is 80.5 Å². The molecule has 3 N–H and O–H groups in total. The summed E-state index contributed by atoms with van der Waals surface area (Å²) in [6.45, 7) is 0. The molecule has 8 heteroatoms. The van der Waals surface area contributed by atoms with Crippen LogP contribution in [0.2, 0.25) is 0 Å². The summed E-state index contributed by atoms with van der Waals surface area (Å²) in [6, 6.07) is 0. The molecule has 88 valence electrons. The molecule has 0 unspecified atom stereocenters. The highest BCUT2D eigenvalue weighted by molar-refractivity contribution is 6.19. The predicted octanol–water partition coefficient (Wildman–Crippen LogP) is 2.03. The highest BCUT2D eigenvalue weighted by Crippen LogP contribution is 2.19. The van der Waals surface area contributed by atoms with Crippen LogP contribution in [0, 0.1) is 0 Å². The molecule has 0 saturated heterocycles. The van der Waals surface area contributed by atoms with E-state index in [0.29, 0.717) is 17.3 Å². The lowest BCUT2D eigenvalue weighted by molar-refractivity contribution is 1.08. The molecule has 0 spiro atoms. The Hall–Kier alpha value is -1.04. The number of halogens is 3. The van der Waals surface area contributed by atoms with Gasteiger partial charge in [0.1, 0.15) is 12.1 Å². The average molecular weight is 283 g/mol. The van der Waals surface area contributed by atoms with E-state index in [1.807, 2.05) is 6.08 Å². The fourth-order valence-corrected chi connectivity index (χ4v) is 1.27. The standard InChI is InChI=1S/C8H8ClN5.2ClH/c9-3-1-2-5-6-7(10)11-4-12-8(6)14-13-5;;/h1-2,4H,3H2,(H3,10,11,12,13,14);2*1H. The lowest BCUT2D eigenvalue weighted by atomic mass is 10.2. The molecule has 0 aliphatic carbocycles. The minimum Gasteiger partial charge on any atom is -0.383 e. The molecule has 0 aliphatic rings. The van der Waals surface area contributed by atoms with Crippen molar-refractivity contribution in [3.8, 4) is 0 Å². The van der Waals surface area contributed by atoms with Crippen LogP contribution in [0.15, 0.2) is 12.4 Å². The molecular formula is C8H10Cl3N5. The minimum absolute atomic E-state index is 0. The van der Waals surface area contributed by atoms with Crippen molar-refractivity contribution in [2.45, 2.75) is 0 Å². The number of aromatic amines is 1. The van der Waals surface area contributed by atoms with Gasteiger partial charge in [-0.05, 0) is 6.08 Å². The van der Waals surface area contributed by atoms with Crippen LogP contribution in [0.5, 0.6) is 0 Å². The molecule has 2 aromatic heterocycles. The van der Waals surface area contributed by atoms with E-state index in [-0.39, 0.29) is 24.8 Å². The van der Waals surface area contributed by atoms with Crippen molar-refractivity contribution < 1.29 is 0 Å². The summed E-state index contributed by atoms with van der Waals surface area (Å²) in [5.74, 6) is 0.853. The molecule has 0 atom stereocenters. The van der Waals surface area contributed by atoms with Gasteiger partial charge in [0.25, 0.3) is 0 Å². The third-order valence-corrected chi connectivity index (χ3v) is 1.96. The number of nitrogens with zero attached hydrogens (tertiary/aromatic N) is 3. The number of fused-ring (bicyclic) bond motifs is 1. The number of H-pyrrole nitrogens is 1. The molecule has 16 heavy (non-hydrogen) atoms. The van der Waals surface area contributed by atoms with Crippen molar-refractivity contribution in [2.75, 3.05) is 11.6 Å². The first-order valence-electron chi connectivity index (χ1n) is 4.00. The number of allylic oxidation sites excluding steroid dienone is 1. The Kier molecular flexibility index (Phi) is 6.10. The van der Waals surface area contributed by atoms with Crippen molar-refractivity contribution in [1.29, 1.82) is 0 Å². The summed E-state index contributed by atoms with van der Waals surface area (Å²) < 4.78 is 0. The van der Waals surface area contributed by atoms with Gasteiger partial charge in [0.05, 0.1) is 11.1 Å². The van der Waals surface area contributed by atoms with E-state index >= 15 is 0 Å². The zero-order valence-corrected chi connectivity index (χ0v) is 10.4. The number of nitrogens with one attached hydrogen (secondary N) is 1. The number of alkyl halides is 1.